The van der Waals surface area contributed by atoms with E-state index in [1.807, 2.05) is 41.0 Å². The van der Waals surface area contributed by atoms with Crippen molar-refractivity contribution in [3.63, 3.8) is 0 Å². The number of benzene rings is 1. The first-order valence-corrected chi connectivity index (χ1v) is 8.16. The molecule has 1 aliphatic rings. The zero-order valence-electron chi connectivity index (χ0n) is 13.0. The lowest BCUT2D eigenvalue weighted by Crippen LogP contribution is -2.30. The normalized spacial score (nSPS) is 15.3. The molecule has 3 aromatic rings. The molecule has 5 heteroatoms. The molecule has 0 radical (unpaired) electrons. The Bertz CT molecular complexity index is 807. The molecule has 0 amide bonds. The van der Waals surface area contributed by atoms with Crippen LogP contribution >= 0.6 is 0 Å². The van der Waals surface area contributed by atoms with Crippen LogP contribution in [0.1, 0.15) is 24.8 Å². The largest absolute Gasteiger partial charge is 0.392 e. The van der Waals surface area contributed by atoms with E-state index in [0.717, 1.165) is 41.2 Å². The molecule has 0 saturated carbocycles. The molecule has 0 bridgehead atoms. The summed E-state index contributed by atoms with van der Waals surface area (Å²) in [7, 11) is 0. The van der Waals surface area contributed by atoms with Gasteiger partial charge in [0.1, 0.15) is 5.52 Å². The van der Waals surface area contributed by atoms with Crippen LogP contribution in [0.25, 0.3) is 16.8 Å². The fourth-order valence-electron chi connectivity index (χ4n) is 3.36. The van der Waals surface area contributed by atoms with Crippen molar-refractivity contribution in [2.24, 2.45) is 0 Å². The summed E-state index contributed by atoms with van der Waals surface area (Å²) in [5, 5.41) is 14.7. The summed E-state index contributed by atoms with van der Waals surface area (Å²) in [5.41, 5.74) is 3.63. The molecule has 1 N–H and O–H groups in total. The van der Waals surface area contributed by atoms with Gasteiger partial charge < -0.3 is 10.0 Å². The van der Waals surface area contributed by atoms with Gasteiger partial charge in [0, 0.05) is 36.6 Å². The first kappa shape index (κ1) is 14.2. The number of piperidine rings is 1. The molecule has 3 heterocycles. The molecule has 4 rings (SSSR count). The molecule has 0 unspecified atom stereocenters. The Balaban J connectivity index is 1.91. The van der Waals surface area contributed by atoms with Crippen LogP contribution in [0.3, 0.4) is 0 Å². The highest BCUT2D eigenvalue weighted by atomic mass is 16.3. The minimum absolute atomic E-state index is 0.0414. The number of anilines is 1. The molecule has 2 aromatic heterocycles. The summed E-state index contributed by atoms with van der Waals surface area (Å²) in [4.78, 5) is 6.91. The van der Waals surface area contributed by atoms with Crippen molar-refractivity contribution in [1.82, 2.24) is 14.6 Å². The van der Waals surface area contributed by atoms with Gasteiger partial charge in [-0.1, -0.05) is 30.3 Å². The predicted molar refractivity (Wildman–Crippen MR) is 90.4 cm³/mol. The fourth-order valence-corrected chi connectivity index (χ4v) is 3.36. The number of nitrogens with zero attached hydrogens (tertiary/aromatic N) is 4. The highest BCUT2D eigenvalue weighted by Gasteiger charge is 2.21. The average Bonchev–Trinajstić information content (AvgIpc) is 3.02. The molecule has 1 aromatic carbocycles. The Morgan fingerprint density at radius 1 is 1.04 bits per heavy atom. The van der Waals surface area contributed by atoms with Crippen molar-refractivity contribution < 1.29 is 5.11 Å². The van der Waals surface area contributed by atoms with Gasteiger partial charge in [-0.2, -0.15) is 5.10 Å². The summed E-state index contributed by atoms with van der Waals surface area (Å²) >= 11 is 0. The number of rotatable bonds is 3. The summed E-state index contributed by atoms with van der Waals surface area (Å²) in [6.45, 7) is 1.99. The Morgan fingerprint density at radius 3 is 2.57 bits per heavy atom. The third-order valence-electron chi connectivity index (χ3n) is 4.49. The number of hydrogen-bond donors (Lipinski definition) is 1. The average molecular weight is 308 g/mol. The Kier molecular flexibility index (Phi) is 3.71. The predicted octanol–water partition coefficient (Wildman–Crippen LogP) is 2.88. The van der Waals surface area contributed by atoms with Gasteiger partial charge in [0.05, 0.1) is 12.3 Å². The second-order valence-corrected chi connectivity index (χ2v) is 5.94. The highest BCUT2D eigenvalue weighted by molar-refractivity contribution is 5.81. The van der Waals surface area contributed by atoms with E-state index in [4.69, 9.17) is 5.10 Å². The van der Waals surface area contributed by atoms with Crippen LogP contribution in [0.4, 0.5) is 5.82 Å². The number of aromatic nitrogens is 3. The maximum atomic E-state index is 9.99. The summed E-state index contributed by atoms with van der Waals surface area (Å²) in [5.74, 6) is 0.936. The summed E-state index contributed by atoms with van der Waals surface area (Å²) in [6.07, 6.45) is 7.31. The lowest BCUT2D eigenvalue weighted by molar-refractivity contribution is 0.284. The van der Waals surface area contributed by atoms with Gasteiger partial charge in [-0.3, -0.25) is 0 Å². The maximum Gasteiger partial charge on any atom is 0.155 e. The van der Waals surface area contributed by atoms with E-state index in [0.29, 0.717) is 0 Å². The maximum absolute atomic E-state index is 9.99. The molecule has 5 nitrogen and oxygen atoms in total. The van der Waals surface area contributed by atoms with Crippen LogP contribution in [-0.2, 0) is 6.61 Å². The van der Waals surface area contributed by atoms with Crippen LogP contribution in [0, 0.1) is 0 Å². The van der Waals surface area contributed by atoms with E-state index in [1.54, 1.807) is 6.20 Å². The first-order chi connectivity index (χ1) is 11.4. The van der Waals surface area contributed by atoms with E-state index in [1.165, 1.54) is 19.3 Å². The second-order valence-electron chi connectivity index (χ2n) is 5.94. The van der Waals surface area contributed by atoms with Crippen molar-refractivity contribution in [1.29, 1.82) is 0 Å². The summed E-state index contributed by atoms with van der Waals surface area (Å²) in [6, 6.07) is 10.0. The quantitative estimate of drug-likeness (QED) is 0.808. The Morgan fingerprint density at radius 2 is 1.83 bits per heavy atom. The SMILES string of the molecule is OCc1c(-c2ccccc2)nn2ccnc(N3CCCCC3)c12. The van der Waals surface area contributed by atoms with Gasteiger partial charge in [-0.25, -0.2) is 9.50 Å². The lowest BCUT2D eigenvalue weighted by atomic mass is 10.1. The third kappa shape index (κ3) is 2.47. The number of aliphatic hydroxyl groups excluding tert-OH is 1. The number of fused-ring (bicyclic) bond motifs is 1. The molecule has 1 fully saturated rings. The van der Waals surface area contributed by atoms with E-state index < -0.39 is 0 Å². The lowest BCUT2D eigenvalue weighted by Gasteiger charge is -2.28. The minimum Gasteiger partial charge on any atom is -0.392 e. The second kappa shape index (κ2) is 6.01. The molecular formula is C18H20N4O. The van der Waals surface area contributed by atoms with Gasteiger partial charge in [0.2, 0.25) is 0 Å². The Labute approximate surface area is 135 Å². The molecule has 1 aliphatic heterocycles. The third-order valence-corrected chi connectivity index (χ3v) is 4.49. The standard InChI is InChI=1S/C18H20N4O/c23-13-15-16(14-7-3-1-4-8-14)20-22-12-9-19-18(17(15)22)21-10-5-2-6-11-21/h1,3-4,7-9,12,23H,2,5-6,10-11,13H2. The van der Waals surface area contributed by atoms with Gasteiger partial charge in [0.25, 0.3) is 0 Å². The van der Waals surface area contributed by atoms with Crippen molar-refractivity contribution >= 4 is 11.3 Å². The first-order valence-electron chi connectivity index (χ1n) is 8.16. The van der Waals surface area contributed by atoms with Crippen LogP contribution in [0.5, 0.6) is 0 Å². The molecule has 1 saturated heterocycles. The molecule has 0 spiro atoms. The fraction of sp³-hybridized carbons (Fsp3) is 0.333. The van der Waals surface area contributed by atoms with E-state index in [2.05, 4.69) is 9.88 Å². The van der Waals surface area contributed by atoms with Crippen LogP contribution < -0.4 is 4.90 Å². The Hall–Kier alpha value is -2.40. The smallest absolute Gasteiger partial charge is 0.155 e. The topological polar surface area (TPSA) is 53.7 Å². The highest BCUT2D eigenvalue weighted by Crippen LogP contribution is 2.31. The van der Waals surface area contributed by atoms with Gasteiger partial charge in [0.15, 0.2) is 5.82 Å². The zero-order chi connectivity index (χ0) is 15.6. The molecule has 23 heavy (non-hydrogen) atoms. The van der Waals surface area contributed by atoms with Crippen molar-refractivity contribution in [2.75, 3.05) is 18.0 Å². The van der Waals surface area contributed by atoms with E-state index in [-0.39, 0.29) is 6.61 Å². The number of aliphatic hydroxyl groups is 1. The van der Waals surface area contributed by atoms with Crippen molar-refractivity contribution in [2.45, 2.75) is 25.9 Å². The molecule has 0 atom stereocenters. The molecule has 118 valence electrons. The molecular weight excluding hydrogens is 288 g/mol. The van der Waals surface area contributed by atoms with Crippen LogP contribution in [-0.4, -0.2) is 32.8 Å². The van der Waals surface area contributed by atoms with Crippen molar-refractivity contribution in [3.05, 3.63) is 48.3 Å². The number of hydrogen-bond acceptors (Lipinski definition) is 4. The van der Waals surface area contributed by atoms with Crippen LogP contribution in [0.15, 0.2) is 42.7 Å². The zero-order valence-corrected chi connectivity index (χ0v) is 13.0. The van der Waals surface area contributed by atoms with Gasteiger partial charge in [-0.05, 0) is 19.3 Å². The van der Waals surface area contributed by atoms with Gasteiger partial charge in [-0.15, -0.1) is 0 Å². The minimum atomic E-state index is -0.0414. The van der Waals surface area contributed by atoms with Crippen LogP contribution in [0.2, 0.25) is 0 Å². The summed E-state index contributed by atoms with van der Waals surface area (Å²) < 4.78 is 1.85. The van der Waals surface area contributed by atoms with Crippen molar-refractivity contribution in [3.8, 4) is 11.3 Å². The van der Waals surface area contributed by atoms with Gasteiger partial charge >= 0.3 is 0 Å². The van der Waals surface area contributed by atoms with E-state index in [9.17, 15) is 5.11 Å². The van der Waals surface area contributed by atoms with E-state index >= 15 is 0 Å². The molecule has 0 aliphatic carbocycles. The monoisotopic (exact) mass is 308 g/mol.